The summed E-state index contributed by atoms with van der Waals surface area (Å²) in [6.07, 6.45) is 1.06. The van der Waals surface area contributed by atoms with Crippen LogP contribution in [0.4, 0.5) is 5.69 Å². The Morgan fingerprint density at radius 1 is 1.38 bits per heavy atom. The van der Waals surface area contributed by atoms with E-state index in [4.69, 9.17) is 5.53 Å². The Labute approximate surface area is 76.2 Å². The molecule has 0 atom stereocenters. The number of nitrogens with zero attached hydrogens (tertiary/aromatic N) is 3. The molecular weight excluding hydrogens is 164 g/mol. The number of nitrogens with one attached hydrogen (secondary N) is 1. The van der Waals surface area contributed by atoms with Gasteiger partial charge in [0.15, 0.2) is 0 Å². The average molecular weight is 174 g/mol. The summed E-state index contributed by atoms with van der Waals surface area (Å²) in [5.41, 5.74) is 11.6. The molecule has 4 nitrogen and oxygen atoms in total. The zero-order valence-corrected chi connectivity index (χ0v) is 7.20. The highest BCUT2D eigenvalue weighted by molar-refractivity contribution is 5.44. The molecule has 2 rings (SSSR count). The molecule has 0 aliphatic carbocycles. The van der Waals surface area contributed by atoms with Gasteiger partial charge in [-0.2, -0.15) is 0 Å². The lowest BCUT2D eigenvalue weighted by molar-refractivity contribution is 0.644. The van der Waals surface area contributed by atoms with Gasteiger partial charge in [0, 0.05) is 17.1 Å². The van der Waals surface area contributed by atoms with Crippen molar-refractivity contribution >= 4 is 5.69 Å². The fourth-order valence-corrected chi connectivity index (χ4v) is 1.58. The summed E-state index contributed by atoms with van der Waals surface area (Å²) in [6, 6.07) is 5.85. The molecule has 0 saturated carbocycles. The normalized spacial score (nSPS) is 14.5. The first-order chi connectivity index (χ1) is 6.40. The molecular formula is C9H10N4. The van der Waals surface area contributed by atoms with E-state index in [1.807, 2.05) is 18.2 Å². The van der Waals surface area contributed by atoms with Crippen LogP contribution in [0.1, 0.15) is 11.1 Å². The van der Waals surface area contributed by atoms with Crippen molar-refractivity contribution in [2.45, 2.75) is 13.0 Å². The number of benzene rings is 1. The van der Waals surface area contributed by atoms with Crippen molar-refractivity contribution in [3.8, 4) is 0 Å². The average Bonchev–Trinajstić information content (AvgIpc) is 2.18. The summed E-state index contributed by atoms with van der Waals surface area (Å²) >= 11 is 0. The van der Waals surface area contributed by atoms with Crippen molar-refractivity contribution in [1.82, 2.24) is 5.32 Å². The minimum atomic E-state index is 0.699. The first kappa shape index (κ1) is 8.10. The Morgan fingerprint density at radius 3 is 3.15 bits per heavy atom. The summed E-state index contributed by atoms with van der Waals surface area (Å²) in [5, 5.41) is 6.84. The molecule has 0 aromatic heterocycles. The van der Waals surface area contributed by atoms with E-state index in [1.54, 1.807) is 0 Å². The summed E-state index contributed by atoms with van der Waals surface area (Å²) in [5.74, 6) is 0. The molecule has 1 aliphatic heterocycles. The smallest absolute Gasteiger partial charge is 0.0378 e. The number of azide groups is 1. The highest BCUT2D eigenvalue weighted by Crippen LogP contribution is 2.20. The van der Waals surface area contributed by atoms with E-state index in [0.717, 1.165) is 19.5 Å². The van der Waals surface area contributed by atoms with Crippen LogP contribution in [-0.2, 0) is 13.0 Å². The van der Waals surface area contributed by atoms with Gasteiger partial charge in [-0.15, -0.1) is 0 Å². The van der Waals surface area contributed by atoms with Gasteiger partial charge in [-0.3, -0.25) is 0 Å². The predicted molar refractivity (Wildman–Crippen MR) is 50.7 cm³/mol. The van der Waals surface area contributed by atoms with Gasteiger partial charge in [0.2, 0.25) is 0 Å². The van der Waals surface area contributed by atoms with Crippen LogP contribution in [0.5, 0.6) is 0 Å². The Hall–Kier alpha value is -1.51. The van der Waals surface area contributed by atoms with Crippen LogP contribution in [0.25, 0.3) is 10.4 Å². The molecule has 1 aliphatic rings. The van der Waals surface area contributed by atoms with E-state index >= 15 is 0 Å². The number of hydrogen-bond donors (Lipinski definition) is 1. The van der Waals surface area contributed by atoms with Gasteiger partial charge in [0.05, 0.1) is 0 Å². The number of fused-ring (bicyclic) bond motifs is 1. The van der Waals surface area contributed by atoms with Crippen molar-refractivity contribution in [3.05, 3.63) is 39.8 Å². The predicted octanol–water partition coefficient (Wildman–Crippen LogP) is 2.27. The molecule has 1 heterocycles. The monoisotopic (exact) mass is 174 g/mol. The van der Waals surface area contributed by atoms with E-state index in [2.05, 4.69) is 15.3 Å². The van der Waals surface area contributed by atoms with Crippen LogP contribution < -0.4 is 5.32 Å². The summed E-state index contributed by atoms with van der Waals surface area (Å²) in [4.78, 5) is 2.76. The van der Waals surface area contributed by atoms with E-state index in [-0.39, 0.29) is 0 Å². The lowest BCUT2D eigenvalue weighted by atomic mass is 10.0. The molecule has 1 aromatic carbocycles. The van der Waals surface area contributed by atoms with Gasteiger partial charge in [-0.05, 0) is 35.7 Å². The lowest BCUT2D eigenvalue weighted by Gasteiger charge is -2.16. The van der Waals surface area contributed by atoms with Crippen molar-refractivity contribution in [2.75, 3.05) is 6.54 Å². The maximum atomic E-state index is 8.27. The van der Waals surface area contributed by atoms with E-state index in [0.29, 0.717) is 5.69 Å². The maximum absolute atomic E-state index is 8.27. The Balaban J connectivity index is 2.40. The zero-order chi connectivity index (χ0) is 9.10. The minimum Gasteiger partial charge on any atom is -0.312 e. The topological polar surface area (TPSA) is 60.8 Å². The SMILES string of the molecule is [N-]=[N+]=Nc1ccc2c(c1)CNCC2. The van der Waals surface area contributed by atoms with Crippen LogP contribution in [0.2, 0.25) is 0 Å². The minimum absolute atomic E-state index is 0.699. The van der Waals surface area contributed by atoms with Gasteiger partial charge >= 0.3 is 0 Å². The van der Waals surface area contributed by atoms with Gasteiger partial charge in [-0.25, -0.2) is 0 Å². The van der Waals surface area contributed by atoms with Gasteiger partial charge in [0.1, 0.15) is 0 Å². The second-order valence-corrected chi connectivity index (χ2v) is 3.07. The van der Waals surface area contributed by atoms with Crippen molar-refractivity contribution < 1.29 is 0 Å². The zero-order valence-electron chi connectivity index (χ0n) is 7.20. The molecule has 0 amide bonds. The van der Waals surface area contributed by atoms with Crippen molar-refractivity contribution in [3.63, 3.8) is 0 Å². The summed E-state index contributed by atoms with van der Waals surface area (Å²) in [7, 11) is 0. The molecule has 0 radical (unpaired) electrons. The van der Waals surface area contributed by atoms with Crippen molar-refractivity contribution in [2.24, 2.45) is 5.11 Å². The lowest BCUT2D eigenvalue weighted by Crippen LogP contribution is -2.23. The van der Waals surface area contributed by atoms with E-state index in [1.165, 1.54) is 11.1 Å². The number of rotatable bonds is 1. The fourth-order valence-electron chi connectivity index (χ4n) is 1.58. The van der Waals surface area contributed by atoms with Crippen LogP contribution in [0, 0.1) is 0 Å². The second-order valence-electron chi connectivity index (χ2n) is 3.07. The first-order valence-corrected chi connectivity index (χ1v) is 4.28. The highest BCUT2D eigenvalue weighted by atomic mass is 15.1. The molecule has 0 bridgehead atoms. The molecule has 0 unspecified atom stereocenters. The third kappa shape index (κ3) is 1.64. The third-order valence-corrected chi connectivity index (χ3v) is 2.24. The molecule has 4 heteroatoms. The van der Waals surface area contributed by atoms with Crippen LogP contribution >= 0.6 is 0 Å². The molecule has 0 saturated heterocycles. The molecule has 0 fully saturated rings. The third-order valence-electron chi connectivity index (χ3n) is 2.24. The van der Waals surface area contributed by atoms with E-state index < -0.39 is 0 Å². The Bertz CT molecular complexity index is 366. The first-order valence-electron chi connectivity index (χ1n) is 4.28. The van der Waals surface area contributed by atoms with Gasteiger partial charge < -0.3 is 5.32 Å². The van der Waals surface area contributed by atoms with E-state index in [9.17, 15) is 0 Å². The quantitative estimate of drug-likeness (QED) is 0.396. The standard InChI is InChI=1S/C9H10N4/c10-13-12-9-2-1-7-3-4-11-6-8(7)5-9/h1-2,5,11H,3-4,6H2. The second kappa shape index (κ2) is 3.47. The van der Waals surface area contributed by atoms with Crippen LogP contribution in [0.15, 0.2) is 23.3 Å². The molecule has 1 aromatic rings. The van der Waals surface area contributed by atoms with Gasteiger partial charge in [0.25, 0.3) is 0 Å². The van der Waals surface area contributed by atoms with Crippen LogP contribution in [-0.4, -0.2) is 6.54 Å². The molecule has 0 spiro atoms. The molecule has 66 valence electrons. The number of hydrogen-bond acceptors (Lipinski definition) is 2. The Kier molecular flexibility index (Phi) is 2.17. The summed E-state index contributed by atoms with van der Waals surface area (Å²) < 4.78 is 0. The maximum Gasteiger partial charge on any atom is 0.0378 e. The van der Waals surface area contributed by atoms with Crippen LogP contribution in [0.3, 0.4) is 0 Å². The fraction of sp³-hybridized carbons (Fsp3) is 0.333. The van der Waals surface area contributed by atoms with Crippen molar-refractivity contribution in [1.29, 1.82) is 0 Å². The summed E-state index contributed by atoms with van der Waals surface area (Å²) in [6.45, 7) is 1.91. The molecule has 1 N–H and O–H groups in total. The van der Waals surface area contributed by atoms with Gasteiger partial charge in [-0.1, -0.05) is 17.2 Å². The molecule has 13 heavy (non-hydrogen) atoms. The largest absolute Gasteiger partial charge is 0.312 e. The Morgan fingerprint density at radius 2 is 2.31 bits per heavy atom. The highest BCUT2D eigenvalue weighted by Gasteiger charge is 2.07.